The van der Waals surface area contributed by atoms with Gasteiger partial charge in [-0.3, -0.25) is 4.79 Å². The Labute approximate surface area is 159 Å². The number of benzene rings is 1. The lowest BCUT2D eigenvalue weighted by Gasteiger charge is -2.33. The molecule has 0 amide bonds. The first-order valence-corrected chi connectivity index (χ1v) is 9.75. The fourth-order valence-electron chi connectivity index (χ4n) is 3.87. The molecule has 144 valence electrons. The topological polar surface area (TPSA) is 57.8 Å². The SMILES string of the molecule is O=c1cc(N2CCOCC2)cc(N2CCCOCC2Cc2ccccc2)[nH]1. The number of aromatic nitrogens is 1. The van der Waals surface area contributed by atoms with Crippen LogP contribution >= 0.6 is 0 Å². The van der Waals surface area contributed by atoms with Gasteiger partial charge >= 0.3 is 0 Å². The highest BCUT2D eigenvalue weighted by molar-refractivity contribution is 5.56. The number of rotatable bonds is 4. The van der Waals surface area contributed by atoms with Gasteiger partial charge in [-0.15, -0.1) is 0 Å². The van der Waals surface area contributed by atoms with Crippen LogP contribution in [0.2, 0.25) is 0 Å². The van der Waals surface area contributed by atoms with Crippen LogP contribution in [0.5, 0.6) is 0 Å². The van der Waals surface area contributed by atoms with Crippen molar-refractivity contribution >= 4 is 11.5 Å². The molecule has 1 atom stereocenters. The van der Waals surface area contributed by atoms with E-state index in [0.29, 0.717) is 19.8 Å². The standard InChI is InChI=1S/C21H27N3O3/c25-21-15-18(23-8-11-26-12-9-23)14-20(22-21)24-7-4-10-27-16-19(24)13-17-5-2-1-3-6-17/h1-3,5-6,14-15,19H,4,7-13,16H2,(H,22,25). The largest absolute Gasteiger partial charge is 0.379 e. The number of nitrogens with zero attached hydrogens (tertiary/aromatic N) is 2. The molecule has 2 saturated heterocycles. The molecule has 0 bridgehead atoms. The summed E-state index contributed by atoms with van der Waals surface area (Å²) in [5.41, 5.74) is 2.20. The summed E-state index contributed by atoms with van der Waals surface area (Å²) in [7, 11) is 0. The second-order valence-corrected chi connectivity index (χ2v) is 7.15. The van der Waals surface area contributed by atoms with Crippen molar-refractivity contribution in [1.29, 1.82) is 0 Å². The molecule has 0 spiro atoms. The first-order valence-electron chi connectivity index (χ1n) is 9.75. The van der Waals surface area contributed by atoms with Crippen LogP contribution in [0.4, 0.5) is 11.5 Å². The predicted octanol–water partition coefficient (Wildman–Crippen LogP) is 2.05. The summed E-state index contributed by atoms with van der Waals surface area (Å²) in [6, 6.07) is 14.5. The first kappa shape index (κ1) is 18.1. The Morgan fingerprint density at radius 1 is 1.00 bits per heavy atom. The zero-order chi connectivity index (χ0) is 18.5. The van der Waals surface area contributed by atoms with Gasteiger partial charge in [0.05, 0.1) is 25.9 Å². The van der Waals surface area contributed by atoms with E-state index >= 15 is 0 Å². The zero-order valence-corrected chi connectivity index (χ0v) is 15.6. The van der Waals surface area contributed by atoms with E-state index in [4.69, 9.17) is 9.47 Å². The number of ether oxygens (including phenoxy) is 2. The molecule has 2 aromatic rings. The van der Waals surface area contributed by atoms with Crippen LogP contribution in [0.1, 0.15) is 12.0 Å². The Balaban J connectivity index is 1.61. The number of anilines is 2. The van der Waals surface area contributed by atoms with Crippen molar-refractivity contribution < 1.29 is 9.47 Å². The number of morpholine rings is 1. The number of hydrogen-bond donors (Lipinski definition) is 1. The third-order valence-corrected chi connectivity index (χ3v) is 5.25. The minimum atomic E-state index is -0.0578. The quantitative estimate of drug-likeness (QED) is 0.894. The van der Waals surface area contributed by atoms with Crippen molar-refractivity contribution in [3.05, 3.63) is 58.4 Å². The average Bonchev–Trinajstić information content (AvgIpc) is 2.94. The normalized spacial score (nSPS) is 21.1. The first-order chi connectivity index (χ1) is 13.3. The van der Waals surface area contributed by atoms with Crippen LogP contribution in [-0.4, -0.2) is 57.1 Å². The van der Waals surface area contributed by atoms with Crippen molar-refractivity contribution in [3.8, 4) is 0 Å². The molecule has 0 radical (unpaired) electrons. The maximum atomic E-state index is 12.4. The van der Waals surface area contributed by atoms with Gasteiger partial charge in [0.15, 0.2) is 0 Å². The second kappa shape index (κ2) is 8.59. The second-order valence-electron chi connectivity index (χ2n) is 7.15. The van der Waals surface area contributed by atoms with Crippen LogP contribution < -0.4 is 15.4 Å². The molecular formula is C21H27N3O3. The van der Waals surface area contributed by atoms with E-state index in [0.717, 1.165) is 50.6 Å². The van der Waals surface area contributed by atoms with Crippen LogP contribution in [0.15, 0.2) is 47.3 Å². The lowest BCUT2D eigenvalue weighted by molar-refractivity contribution is 0.122. The average molecular weight is 369 g/mol. The summed E-state index contributed by atoms with van der Waals surface area (Å²) in [6.07, 6.45) is 1.85. The van der Waals surface area contributed by atoms with Crippen molar-refractivity contribution in [2.45, 2.75) is 18.9 Å². The molecule has 2 aliphatic rings. The lowest BCUT2D eigenvalue weighted by atomic mass is 10.0. The van der Waals surface area contributed by atoms with Crippen LogP contribution in [0.3, 0.4) is 0 Å². The summed E-state index contributed by atoms with van der Waals surface area (Å²) in [5, 5.41) is 0. The van der Waals surface area contributed by atoms with Crippen molar-refractivity contribution in [1.82, 2.24) is 4.98 Å². The van der Waals surface area contributed by atoms with Crippen molar-refractivity contribution in [3.63, 3.8) is 0 Å². The van der Waals surface area contributed by atoms with Crippen molar-refractivity contribution in [2.24, 2.45) is 0 Å². The van der Waals surface area contributed by atoms with Crippen LogP contribution in [0.25, 0.3) is 0 Å². The molecule has 3 heterocycles. The van der Waals surface area contributed by atoms with Gasteiger partial charge in [0, 0.05) is 44.1 Å². The van der Waals surface area contributed by atoms with E-state index < -0.39 is 0 Å². The van der Waals surface area contributed by atoms with E-state index in [1.54, 1.807) is 6.07 Å². The zero-order valence-electron chi connectivity index (χ0n) is 15.6. The van der Waals surface area contributed by atoms with Crippen LogP contribution in [0, 0.1) is 0 Å². The number of hydrogen-bond acceptors (Lipinski definition) is 5. The van der Waals surface area contributed by atoms with Gasteiger partial charge in [0.2, 0.25) is 0 Å². The smallest absolute Gasteiger partial charge is 0.251 e. The third kappa shape index (κ3) is 4.51. The fraction of sp³-hybridized carbons (Fsp3) is 0.476. The molecule has 1 aromatic carbocycles. The minimum Gasteiger partial charge on any atom is -0.379 e. The monoisotopic (exact) mass is 369 g/mol. The van der Waals surface area contributed by atoms with E-state index in [9.17, 15) is 4.79 Å². The minimum absolute atomic E-state index is 0.0578. The molecule has 2 fully saturated rings. The Morgan fingerprint density at radius 3 is 2.63 bits per heavy atom. The highest BCUT2D eigenvalue weighted by Crippen LogP contribution is 2.24. The molecule has 0 saturated carbocycles. The molecule has 1 unspecified atom stereocenters. The summed E-state index contributed by atoms with van der Waals surface area (Å²) in [6.45, 7) is 5.35. The van der Waals surface area contributed by atoms with E-state index in [2.05, 4.69) is 45.1 Å². The van der Waals surface area contributed by atoms with Gasteiger partial charge in [-0.2, -0.15) is 0 Å². The lowest BCUT2D eigenvalue weighted by Crippen LogP contribution is -2.41. The van der Waals surface area contributed by atoms with E-state index in [-0.39, 0.29) is 11.6 Å². The highest BCUT2D eigenvalue weighted by Gasteiger charge is 2.24. The number of aromatic amines is 1. The maximum Gasteiger partial charge on any atom is 0.251 e. The third-order valence-electron chi connectivity index (χ3n) is 5.25. The summed E-state index contributed by atoms with van der Waals surface area (Å²) < 4.78 is 11.3. The van der Waals surface area contributed by atoms with Gasteiger partial charge in [-0.1, -0.05) is 30.3 Å². The molecule has 6 nitrogen and oxygen atoms in total. The number of H-pyrrole nitrogens is 1. The number of nitrogens with one attached hydrogen (secondary N) is 1. The predicted molar refractivity (Wildman–Crippen MR) is 107 cm³/mol. The number of pyridine rings is 1. The van der Waals surface area contributed by atoms with Gasteiger partial charge in [-0.05, 0) is 18.4 Å². The Bertz CT molecular complexity index is 787. The Morgan fingerprint density at radius 2 is 1.81 bits per heavy atom. The van der Waals surface area contributed by atoms with E-state index in [1.165, 1.54) is 5.56 Å². The van der Waals surface area contributed by atoms with Gasteiger partial charge in [0.25, 0.3) is 5.56 Å². The molecule has 6 heteroatoms. The van der Waals surface area contributed by atoms with Gasteiger partial charge < -0.3 is 24.3 Å². The molecule has 27 heavy (non-hydrogen) atoms. The summed E-state index contributed by atoms with van der Waals surface area (Å²) >= 11 is 0. The summed E-state index contributed by atoms with van der Waals surface area (Å²) in [4.78, 5) is 20.0. The highest BCUT2D eigenvalue weighted by atomic mass is 16.5. The summed E-state index contributed by atoms with van der Waals surface area (Å²) in [5.74, 6) is 0.885. The molecule has 2 aliphatic heterocycles. The van der Waals surface area contributed by atoms with E-state index in [1.807, 2.05) is 6.07 Å². The maximum absolute atomic E-state index is 12.4. The molecular weight excluding hydrogens is 342 g/mol. The molecule has 0 aliphatic carbocycles. The molecule has 1 N–H and O–H groups in total. The fourth-order valence-corrected chi connectivity index (χ4v) is 3.87. The van der Waals surface area contributed by atoms with Gasteiger partial charge in [0.1, 0.15) is 5.82 Å². The molecule has 4 rings (SSSR count). The van der Waals surface area contributed by atoms with Gasteiger partial charge in [-0.25, -0.2) is 0 Å². The Kier molecular flexibility index (Phi) is 5.75. The van der Waals surface area contributed by atoms with Crippen LogP contribution in [-0.2, 0) is 15.9 Å². The molecule has 1 aromatic heterocycles. The van der Waals surface area contributed by atoms with Crippen molar-refractivity contribution in [2.75, 3.05) is 55.9 Å². The Hall–Kier alpha value is -2.31.